The second-order valence-corrected chi connectivity index (χ2v) is 8.58. The first-order valence-electron chi connectivity index (χ1n) is 11.2. The van der Waals surface area contributed by atoms with E-state index in [2.05, 4.69) is 5.10 Å². The first-order valence-corrected chi connectivity index (χ1v) is 11.2. The smallest absolute Gasteiger partial charge is 0.269 e. The third kappa shape index (κ3) is 3.83. The molecule has 1 aliphatic heterocycles. The van der Waals surface area contributed by atoms with Crippen molar-refractivity contribution in [3.8, 4) is 11.5 Å². The van der Waals surface area contributed by atoms with E-state index in [1.54, 1.807) is 30.3 Å². The minimum Gasteiger partial charge on any atom is -0.490 e. The Morgan fingerprint density at radius 1 is 1.03 bits per heavy atom. The van der Waals surface area contributed by atoms with Gasteiger partial charge in [0, 0.05) is 12.1 Å². The summed E-state index contributed by atoms with van der Waals surface area (Å²) in [4.78, 5) is 35.9. The van der Waals surface area contributed by atoms with Gasteiger partial charge in [0.1, 0.15) is 6.61 Å². The van der Waals surface area contributed by atoms with Crippen molar-refractivity contribution in [2.75, 3.05) is 6.61 Å². The summed E-state index contributed by atoms with van der Waals surface area (Å²) in [7, 11) is 0. The zero-order valence-corrected chi connectivity index (χ0v) is 18.5. The number of imide groups is 1. The molecule has 0 aromatic heterocycles. The van der Waals surface area contributed by atoms with Crippen LogP contribution >= 0.6 is 0 Å². The number of amides is 2. The van der Waals surface area contributed by atoms with Gasteiger partial charge in [-0.2, -0.15) is 10.1 Å². The van der Waals surface area contributed by atoms with E-state index in [0.29, 0.717) is 23.7 Å². The molecule has 4 atom stereocenters. The van der Waals surface area contributed by atoms with Crippen molar-refractivity contribution in [1.82, 2.24) is 5.01 Å². The van der Waals surface area contributed by atoms with Crippen LogP contribution in [0, 0.1) is 33.8 Å². The Bertz CT molecular complexity index is 1180. The van der Waals surface area contributed by atoms with E-state index >= 15 is 0 Å². The Balaban J connectivity index is 1.28. The highest BCUT2D eigenvalue weighted by Crippen LogP contribution is 2.52. The molecule has 5 rings (SSSR count). The third-order valence-electron chi connectivity index (χ3n) is 6.58. The van der Waals surface area contributed by atoms with Crippen LogP contribution in [0.25, 0.3) is 0 Å². The minimum absolute atomic E-state index is 0.0184. The molecular formula is C25H23N3O6. The van der Waals surface area contributed by atoms with E-state index < -0.39 is 4.92 Å². The molecule has 1 saturated carbocycles. The van der Waals surface area contributed by atoms with Gasteiger partial charge in [-0.25, -0.2) is 0 Å². The molecule has 0 unspecified atom stereocenters. The molecule has 2 aromatic rings. The number of nitrogens with zero attached hydrogens (tertiary/aromatic N) is 3. The van der Waals surface area contributed by atoms with Gasteiger partial charge in [-0.15, -0.1) is 0 Å². The number of hydrogen-bond acceptors (Lipinski definition) is 7. The minimum atomic E-state index is -0.449. The van der Waals surface area contributed by atoms with Crippen LogP contribution in [-0.2, 0) is 16.2 Å². The fourth-order valence-electron chi connectivity index (χ4n) is 4.99. The quantitative estimate of drug-likeness (QED) is 0.195. The first-order chi connectivity index (χ1) is 16.5. The average molecular weight is 461 g/mol. The van der Waals surface area contributed by atoms with E-state index in [9.17, 15) is 19.7 Å². The summed E-state index contributed by atoms with van der Waals surface area (Å²) >= 11 is 0. The molecule has 0 spiro atoms. The average Bonchev–Trinajstić information content (AvgIpc) is 3.52. The van der Waals surface area contributed by atoms with Gasteiger partial charge in [-0.3, -0.25) is 19.7 Å². The van der Waals surface area contributed by atoms with Gasteiger partial charge >= 0.3 is 0 Å². The second-order valence-electron chi connectivity index (χ2n) is 8.58. The number of carbonyl (C=O) groups excluding carboxylic acids is 2. The first kappa shape index (κ1) is 21.8. The van der Waals surface area contributed by atoms with Crippen LogP contribution in [0.2, 0.25) is 0 Å². The Labute approximate surface area is 195 Å². The predicted molar refractivity (Wildman–Crippen MR) is 122 cm³/mol. The lowest BCUT2D eigenvalue weighted by Crippen LogP contribution is -2.28. The molecule has 2 amide bonds. The SMILES string of the molecule is CCOc1cc(C=NN2C(=O)[C@@H]3[C@H](C2=O)[C@H]2C=C[C@H]3C2)ccc1OCc1ccc([N+](=O)[O-])cc1. The van der Waals surface area contributed by atoms with Gasteiger partial charge in [0.15, 0.2) is 11.5 Å². The molecule has 2 fully saturated rings. The van der Waals surface area contributed by atoms with Crippen molar-refractivity contribution < 1.29 is 24.0 Å². The zero-order chi connectivity index (χ0) is 23.8. The zero-order valence-electron chi connectivity index (χ0n) is 18.5. The summed E-state index contributed by atoms with van der Waals surface area (Å²) < 4.78 is 11.6. The molecule has 1 heterocycles. The number of hydrazone groups is 1. The Morgan fingerprint density at radius 2 is 1.71 bits per heavy atom. The molecule has 174 valence electrons. The fraction of sp³-hybridized carbons (Fsp3) is 0.320. The van der Waals surface area contributed by atoms with Crippen LogP contribution in [0.15, 0.2) is 59.7 Å². The van der Waals surface area contributed by atoms with Crippen LogP contribution in [-0.4, -0.2) is 34.6 Å². The molecule has 2 bridgehead atoms. The van der Waals surface area contributed by atoms with E-state index in [4.69, 9.17) is 9.47 Å². The number of rotatable bonds is 8. The number of carbonyl (C=O) groups is 2. The fourth-order valence-corrected chi connectivity index (χ4v) is 4.99. The molecule has 34 heavy (non-hydrogen) atoms. The standard InChI is InChI=1S/C25H23N3O6/c1-2-33-21-11-16(5-10-20(21)34-14-15-3-8-19(9-4-15)28(31)32)13-26-27-24(29)22-17-6-7-18(12-17)23(22)25(27)30/h3-11,13,17-18,22-23H,2,12,14H2,1H3/t17-,18-,22-,23+/m0/s1. The van der Waals surface area contributed by atoms with Crippen LogP contribution in [0.4, 0.5) is 5.69 Å². The van der Waals surface area contributed by atoms with Crippen molar-refractivity contribution in [3.63, 3.8) is 0 Å². The number of non-ortho nitro benzene ring substituents is 1. The normalized spacial score (nSPS) is 24.8. The summed E-state index contributed by atoms with van der Waals surface area (Å²) in [5, 5.41) is 16.0. The Morgan fingerprint density at radius 3 is 2.32 bits per heavy atom. The van der Waals surface area contributed by atoms with Crippen molar-refractivity contribution >= 4 is 23.7 Å². The molecule has 3 aliphatic rings. The van der Waals surface area contributed by atoms with Crippen molar-refractivity contribution in [2.24, 2.45) is 28.8 Å². The van der Waals surface area contributed by atoms with Crippen molar-refractivity contribution in [3.05, 3.63) is 75.9 Å². The highest BCUT2D eigenvalue weighted by Gasteiger charge is 2.59. The number of benzene rings is 2. The maximum Gasteiger partial charge on any atom is 0.269 e. The lowest BCUT2D eigenvalue weighted by molar-refractivity contribution is -0.384. The summed E-state index contributed by atoms with van der Waals surface area (Å²) in [6.07, 6.45) is 6.46. The van der Waals surface area contributed by atoms with Gasteiger partial charge in [0.05, 0.1) is 29.6 Å². The van der Waals surface area contributed by atoms with Crippen LogP contribution in [0.1, 0.15) is 24.5 Å². The second kappa shape index (κ2) is 8.74. The number of ether oxygens (including phenoxy) is 2. The molecule has 2 aliphatic carbocycles. The van der Waals surface area contributed by atoms with Crippen LogP contribution in [0.5, 0.6) is 11.5 Å². The number of nitro groups is 1. The Hall–Kier alpha value is -4.01. The van der Waals surface area contributed by atoms with E-state index in [0.717, 1.165) is 17.0 Å². The van der Waals surface area contributed by atoms with E-state index in [1.807, 2.05) is 19.1 Å². The van der Waals surface area contributed by atoms with Gasteiger partial charge in [-0.1, -0.05) is 12.2 Å². The molecule has 0 N–H and O–H groups in total. The summed E-state index contributed by atoms with van der Waals surface area (Å²) in [5.74, 6) is 0.260. The number of hydrogen-bond donors (Lipinski definition) is 0. The maximum absolute atomic E-state index is 12.8. The van der Waals surface area contributed by atoms with Gasteiger partial charge in [-0.05, 0) is 66.6 Å². The molecule has 0 radical (unpaired) electrons. The topological polar surface area (TPSA) is 111 Å². The van der Waals surface area contributed by atoms with Crippen molar-refractivity contribution in [1.29, 1.82) is 0 Å². The molecular weight excluding hydrogens is 438 g/mol. The predicted octanol–water partition coefficient (Wildman–Crippen LogP) is 3.71. The van der Waals surface area contributed by atoms with E-state index in [-0.39, 0.29) is 47.8 Å². The van der Waals surface area contributed by atoms with E-state index in [1.165, 1.54) is 18.3 Å². The monoisotopic (exact) mass is 461 g/mol. The Kier molecular flexibility index (Phi) is 5.61. The highest BCUT2D eigenvalue weighted by molar-refractivity contribution is 6.06. The lowest BCUT2D eigenvalue weighted by Gasteiger charge is -2.13. The van der Waals surface area contributed by atoms with Gasteiger partial charge in [0.2, 0.25) is 0 Å². The number of nitro benzene ring substituents is 1. The van der Waals surface area contributed by atoms with Gasteiger partial charge < -0.3 is 9.47 Å². The molecule has 1 saturated heterocycles. The number of allylic oxidation sites excluding steroid dienone is 2. The third-order valence-corrected chi connectivity index (χ3v) is 6.58. The summed E-state index contributed by atoms with van der Waals surface area (Å²) in [6, 6.07) is 11.4. The molecule has 9 heteroatoms. The number of fused-ring (bicyclic) bond motifs is 5. The molecule has 9 nitrogen and oxygen atoms in total. The van der Waals surface area contributed by atoms with Crippen molar-refractivity contribution in [2.45, 2.75) is 20.0 Å². The largest absolute Gasteiger partial charge is 0.490 e. The summed E-state index contributed by atoms with van der Waals surface area (Å²) in [6.45, 7) is 2.47. The van der Waals surface area contributed by atoms with Gasteiger partial charge in [0.25, 0.3) is 17.5 Å². The maximum atomic E-state index is 12.8. The highest BCUT2D eigenvalue weighted by atomic mass is 16.6. The van der Waals surface area contributed by atoms with Crippen LogP contribution < -0.4 is 9.47 Å². The van der Waals surface area contributed by atoms with Crippen LogP contribution in [0.3, 0.4) is 0 Å². The lowest BCUT2D eigenvalue weighted by atomic mass is 9.85. The summed E-state index contributed by atoms with van der Waals surface area (Å²) in [5.41, 5.74) is 1.45. The molecule has 2 aromatic carbocycles.